The van der Waals surface area contributed by atoms with Crippen molar-refractivity contribution in [2.75, 3.05) is 5.73 Å². The second-order valence-electron chi connectivity index (χ2n) is 5.29. The molecule has 0 aliphatic rings. The second-order valence-corrected chi connectivity index (χ2v) is 5.29. The first kappa shape index (κ1) is 16.2. The van der Waals surface area contributed by atoms with Crippen LogP contribution in [0.15, 0.2) is 66.9 Å². The van der Waals surface area contributed by atoms with Gasteiger partial charge in [-0.1, -0.05) is 48.5 Å². The third-order valence-electron chi connectivity index (χ3n) is 3.59. The van der Waals surface area contributed by atoms with Crippen LogP contribution in [0.4, 0.5) is 5.69 Å². The van der Waals surface area contributed by atoms with Gasteiger partial charge >= 0.3 is 0 Å². The van der Waals surface area contributed by atoms with Crippen molar-refractivity contribution < 1.29 is 9.59 Å². The molecule has 6 nitrogen and oxygen atoms in total. The van der Waals surface area contributed by atoms with E-state index in [1.54, 1.807) is 12.1 Å². The van der Waals surface area contributed by atoms with E-state index in [0.717, 1.165) is 5.56 Å². The zero-order chi connectivity index (χ0) is 17.6. The Morgan fingerprint density at radius 2 is 1.68 bits per heavy atom. The molecule has 25 heavy (non-hydrogen) atoms. The molecule has 0 bridgehead atoms. The molecule has 0 aliphatic carbocycles. The third-order valence-corrected chi connectivity index (χ3v) is 3.59. The molecule has 1 aromatic heterocycles. The summed E-state index contributed by atoms with van der Waals surface area (Å²) in [6.45, 7) is 0. The van der Waals surface area contributed by atoms with Crippen molar-refractivity contribution in [1.29, 1.82) is 0 Å². The number of para-hydroxylation sites is 1. The van der Waals surface area contributed by atoms with Gasteiger partial charge in [0, 0.05) is 17.7 Å². The normalized spacial score (nSPS) is 10.7. The van der Waals surface area contributed by atoms with Crippen LogP contribution in [0.25, 0.3) is 17.0 Å². The summed E-state index contributed by atoms with van der Waals surface area (Å²) >= 11 is 0. The average molecular weight is 332 g/mol. The van der Waals surface area contributed by atoms with Crippen molar-refractivity contribution >= 4 is 34.5 Å². The molecule has 124 valence electrons. The van der Waals surface area contributed by atoms with E-state index in [0.29, 0.717) is 16.6 Å². The van der Waals surface area contributed by atoms with E-state index in [1.807, 2.05) is 48.5 Å². The van der Waals surface area contributed by atoms with Crippen LogP contribution in [0.1, 0.15) is 15.9 Å². The number of aromatic nitrogens is 1. The monoisotopic (exact) mass is 332 g/mol. The number of anilines is 1. The Bertz CT molecular complexity index is 952. The van der Waals surface area contributed by atoms with Gasteiger partial charge in [-0.25, -0.2) is 0 Å². The Balaban J connectivity index is 1.66. The fourth-order valence-corrected chi connectivity index (χ4v) is 2.31. The zero-order valence-corrected chi connectivity index (χ0v) is 13.3. The van der Waals surface area contributed by atoms with Crippen LogP contribution in [0, 0.1) is 0 Å². The Morgan fingerprint density at radius 3 is 2.48 bits per heavy atom. The molecule has 2 aromatic carbocycles. The molecular weight excluding hydrogens is 316 g/mol. The number of carbonyl (C=O) groups excluding carboxylic acids is 2. The van der Waals surface area contributed by atoms with Gasteiger partial charge in [0.1, 0.15) is 0 Å². The van der Waals surface area contributed by atoms with Gasteiger partial charge in [0.2, 0.25) is 0 Å². The van der Waals surface area contributed by atoms with Crippen LogP contribution >= 0.6 is 0 Å². The van der Waals surface area contributed by atoms with Crippen molar-refractivity contribution in [2.45, 2.75) is 0 Å². The highest BCUT2D eigenvalue weighted by Crippen LogP contribution is 2.22. The molecule has 3 aromatic rings. The maximum Gasteiger partial charge on any atom is 0.273 e. The molecule has 6 heteroatoms. The highest BCUT2D eigenvalue weighted by Gasteiger charge is 2.13. The predicted octanol–water partition coefficient (Wildman–Crippen LogP) is 2.29. The van der Waals surface area contributed by atoms with Gasteiger partial charge in [-0.3, -0.25) is 25.4 Å². The minimum absolute atomic E-state index is 0.200. The molecule has 0 spiro atoms. The maximum atomic E-state index is 12.2. The topological polar surface area (TPSA) is 97.1 Å². The first-order valence-electron chi connectivity index (χ1n) is 7.62. The van der Waals surface area contributed by atoms with Crippen LogP contribution in [-0.4, -0.2) is 16.8 Å². The first-order chi connectivity index (χ1) is 12.1. The third kappa shape index (κ3) is 3.81. The summed E-state index contributed by atoms with van der Waals surface area (Å²) in [7, 11) is 0. The van der Waals surface area contributed by atoms with E-state index in [1.165, 1.54) is 12.3 Å². The molecule has 2 amide bonds. The number of amides is 2. The minimum Gasteiger partial charge on any atom is -0.397 e. The molecule has 0 atom stereocenters. The number of hydrogen-bond acceptors (Lipinski definition) is 4. The van der Waals surface area contributed by atoms with E-state index in [2.05, 4.69) is 15.8 Å². The summed E-state index contributed by atoms with van der Waals surface area (Å²) in [6, 6.07) is 16.6. The number of hydrogen-bond donors (Lipinski definition) is 3. The molecule has 0 saturated heterocycles. The first-order valence-corrected chi connectivity index (χ1v) is 7.62. The molecule has 0 radical (unpaired) electrons. The summed E-state index contributed by atoms with van der Waals surface area (Å²) in [4.78, 5) is 28.2. The summed E-state index contributed by atoms with van der Waals surface area (Å²) in [6.07, 6.45) is 4.37. The standard InChI is InChI=1S/C19H16N4O2/c20-18-14-8-4-5-9-16(14)21-12-15(18)19(25)23-22-17(24)11-10-13-6-2-1-3-7-13/h1-12H,(H2,20,21)(H,22,24)(H,23,25)/b11-10+. The molecule has 0 fully saturated rings. The Hall–Kier alpha value is -3.67. The van der Waals surface area contributed by atoms with Gasteiger partial charge in [-0.05, 0) is 17.7 Å². The second kappa shape index (κ2) is 7.27. The summed E-state index contributed by atoms with van der Waals surface area (Å²) in [5, 5.41) is 0.686. The SMILES string of the molecule is Nc1c(C(=O)NNC(=O)/C=C/c2ccccc2)cnc2ccccc12. The van der Waals surface area contributed by atoms with E-state index >= 15 is 0 Å². The molecular formula is C19H16N4O2. The van der Waals surface area contributed by atoms with Crippen molar-refractivity contribution in [2.24, 2.45) is 0 Å². The number of hydrazine groups is 1. The van der Waals surface area contributed by atoms with Crippen molar-refractivity contribution in [3.63, 3.8) is 0 Å². The number of fused-ring (bicyclic) bond motifs is 1. The molecule has 0 saturated carbocycles. The van der Waals surface area contributed by atoms with E-state index < -0.39 is 11.8 Å². The summed E-state index contributed by atoms with van der Waals surface area (Å²) in [5.74, 6) is -0.985. The largest absolute Gasteiger partial charge is 0.397 e. The van der Waals surface area contributed by atoms with Crippen LogP contribution in [0.2, 0.25) is 0 Å². The number of nitrogens with one attached hydrogen (secondary N) is 2. The lowest BCUT2D eigenvalue weighted by Gasteiger charge is -2.09. The van der Waals surface area contributed by atoms with Crippen molar-refractivity contribution in [1.82, 2.24) is 15.8 Å². The summed E-state index contributed by atoms with van der Waals surface area (Å²) < 4.78 is 0. The van der Waals surface area contributed by atoms with E-state index in [4.69, 9.17) is 5.73 Å². The van der Waals surface area contributed by atoms with Crippen LogP contribution in [0.5, 0.6) is 0 Å². The summed E-state index contributed by atoms with van der Waals surface area (Å²) in [5.41, 5.74) is 12.8. The van der Waals surface area contributed by atoms with Crippen molar-refractivity contribution in [3.05, 3.63) is 78.0 Å². The van der Waals surface area contributed by atoms with Gasteiger partial charge < -0.3 is 5.73 Å². The molecule has 1 heterocycles. The number of carbonyl (C=O) groups is 2. The van der Waals surface area contributed by atoms with Crippen molar-refractivity contribution in [3.8, 4) is 0 Å². The molecule has 4 N–H and O–H groups in total. The van der Waals surface area contributed by atoms with Gasteiger partial charge in [0.25, 0.3) is 11.8 Å². The van der Waals surface area contributed by atoms with E-state index in [-0.39, 0.29) is 5.56 Å². The fourth-order valence-electron chi connectivity index (χ4n) is 2.31. The van der Waals surface area contributed by atoms with Gasteiger partial charge in [0.15, 0.2) is 0 Å². The fraction of sp³-hybridized carbons (Fsp3) is 0. The van der Waals surface area contributed by atoms with Gasteiger partial charge in [-0.15, -0.1) is 0 Å². The Morgan fingerprint density at radius 1 is 0.960 bits per heavy atom. The van der Waals surface area contributed by atoms with Gasteiger partial charge in [0.05, 0.1) is 16.8 Å². The molecule has 0 aliphatic heterocycles. The van der Waals surface area contributed by atoms with Crippen LogP contribution in [0.3, 0.4) is 0 Å². The molecule has 0 unspecified atom stereocenters. The van der Waals surface area contributed by atoms with E-state index in [9.17, 15) is 9.59 Å². The number of benzene rings is 2. The predicted molar refractivity (Wildman–Crippen MR) is 97.2 cm³/mol. The van der Waals surface area contributed by atoms with Crippen LogP contribution in [-0.2, 0) is 4.79 Å². The lowest BCUT2D eigenvalue weighted by atomic mass is 10.1. The highest BCUT2D eigenvalue weighted by atomic mass is 16.2. The minimum atomic E-state index is -0.530. The Kier molecular flexibility index (Phi) is 4.71. The number of rotatable bonds is 3. The maximum absolute atomic E-state index is 12.2. The average Bonchev–Trinajstić information content (AvgIpc) is 2.66. The van der Waals surface area contributed by atoms with Crippen LogP contribution < -0.4 is 16.6 Å². The lowest BCUT2D eigenvalue weighted by molar-refractivity contribution is -0.117. The lowest BCUT2D eigenvalue weighted by Crippen LogP contribution is -2.41. The smallest absolute Gasteiger partial charge is 0.273 e. The highest BCUT2D eigenvalue weighted by molar-refractivity contribution is 6.06. The number of nitrogens with zero attached hydrogens (tertiary/aromatic N) is 1. The number of nitrogens with two attached hydrogens (primary N) is 1. The molecule has 3 rings (SSSR count). The number of pyridine rings is 1. The number of nitrogen functional groups attached to an aromatic ring is 1. The Labute approximate surface area is 144 Å². The zero-order valence-electron chi connectivity index (χ0n) is 13.3. The quantitative estimate of drug-likeness (QED) is 0.506. The van der Waals surface area contributed by atoms with Gasteiger partial charge in [-0.2, -0.15) is 0 Å².